The van der Waals surface area contributed by atoms with Gasteiger partial charge in [-0.25, -0.2) is 5.43 Å². The number of aromatic hydroxyl groups is 1. The lowest BCUT2D eigenvalue weighted by molar-refractivity contribution is -0.127. The molecule has 0 aromatic heterocycles. The Morgan fingerprint density at radius 3 is 2.61 bits per heavy atom. The monoisotopic (exact) mass is 392 g/mol. The zero-order chi connectivity index (χ0) is 20.8. The lowest BCUT2D eigenvalue weighted by Crippen LogP contribution is -2.33. The van der Waals surface area contributed by atoms with E-state index in [9.17, 15) is 19.5 Å². The molecule has 0 aliphatic carbocycles. The largest absolute Gasteiger partial charge is 0.507 e. The number of carbonyl (C=O) groups is 3. The third kappa shape index (κ3) is 10.1. The molecule has 9 nitrogen and oxygen atoms in total. The summed E-state index contributed by atoms with van der Waals surface area (Å²) in [6.07, 6.45) is 5.51. The predicted molar refractivity (Wildman–Crippen MR) is 105 cm³/mol. The van der Waals surface area contributed by atoms with Gasteiger partial charge in [0.1, 0.15) is 11.5 Å². The highest BCUT2D eigenvalue weighted by atomic mass is 16.5. The maximum Gasteiger partial charge on any atom is 0.240 e. The van der Waals surface area contributed by atoms with Crippen molar-refractivity contribution in [1.29, 1.82) is 0 Å². The summed E-state index contributed by atoms with van der Waals surface area (Å²) in [4.78, 5) is 33.5. The fraction of sp³-hybridized carbons (Fsp3) is 0.474. The van der Waals surface area contributed by atoms with Gasteiger partial charge in [-0.1, -0.05) is 26.2 Å². The highest BCUT2D eigenvalue weighted by Crippen LogP contribution is 2.22. The van der Waals surface area contributed by atoms with Gasteiger partial charge in [0.15, 0.2) is 0 Å². The summed E-state index contributed by atoms with van der Waals surface area (Å²) >= 11 is 0. The van der Waals surface area contributed by atoms with E-state index >= 15 is 0 Å². The standard InChI is InChI=1S/C19H28N4O5/c1-2-3-4-5-10-28-15-7-6-14(16(24)11-15)12-22-23-19(27)9-8-18(26)21-13-17(20)25/h6-7,11-12,24H,2-5,8-10,13H2,1H3,(H2,20,25)(H,21,26)(H,23,27)/b22-12+. The Balaban J connectivity index is 2.36. The number of hydrogen-bond donors (Lipinski definition) is 4. The third-order valence-corrected chi connectivity index (χ3v) is 3.70. The topological polar surface area (TPSA) is 143 Å². The molecule has 0 atom stereocenters. The number of nitrogens with two attached hydrogens (primary N) is 1. The minimum absolute atomic E-state index is 0.0186. The zero-order valence-corrected chi connectivity index (χ0v) is 16.1. The van der Waals surface area contributed by atoms with E-state index in [1.54, 1.807) is 12.1 Å². The van der Waals surface area contributed by atoms with Crippen molar-refractivity contribution in [3.8, 4) is 11.5 Å². The molecule has 0 saturated carbocycles. The van der Waals surface area contributed by atoms with E-state index in [0.717, 1.165) is 19.3 Å². The number of nitrogens with zero attached hydrogens (tertiary/aromatic N) is 1. The molecule has 0 unspecified atom stereocenters. The molecule has 0 spiro atoms. The van der Waals surface area contributed by atoms with Crippen molar-refractivity contribution in [3.05, 3.63) is 23.8 Å². The van der Waals surface area contributed by atoms with E-state index in [0.29, 0.717) is 17.9 Å². The van der Waals surface area contributed by atoms with Gasteiger partial charge >= 0.3 is 0 Å². The number of phenolic OH excluding ortho intramolecular Hbond substituents is 1. The maximum absolute atomic E-state index is 11.6. The number of benzene rings is 1. The van der Waals surface area contributed by atoms with Gasteiger partial charge in [0, 0.05) is 24.5 Å². The smallest absolute Gasteiger partial charge is 0.240 e. The molecule has 0 bridgehead atoms. The molecule has 9 heteroatoms. The van der Waals surface area contributed by atoms with Crippen LogP contribution in [0.5, 0.6) is 11.5 Å². The first-order valence-electron chi connectivity index (χ1n) is 9.25. The van der Waals surface area contributed by atoms with Crippen LogP contribution in [-0.2, 0) is 14.4 Å². The molecule has 5 N–H and O–H groups in total. The number of hydrazone groups is 1. The Bertz CT molecular complexity index is 691. The van der Waals surface area contributed by atoms with Crippen LogP contribution in [0.4, 0.5) is 0 Å². The molecule has 0 saturated heterocycles. The first-order chi connectivity index (χ1) is 13.4. The molecule has 154 valence electrons. The van der Waals surface area contributed by atoms with E-state index in [-0.39, 0.29) is 25.1 Å². The molecular formula is C19H28N4O5. The van der Waals surface area contributed by atoms with E-state index in [1.807, 2.05) is 0 Å². The van der Waals surface area contributed by atoms with Gasteiger partial charge < -0.3 is 20.9 Å². The summed E-state index contributed by atoms with van der Waals surface area (Å²) in [6, 6.07) is 4.83. The number of amides is 3. The van der Waals surface area contributed by atoms with Gasteiger partial charge in [0.05, 0.1) is 19.4 Å². The highest BCUT2D eigenvalue weighted by Gasteiger charge is 2.07. The molecule has 0 aliphatic rings. The van der Waals surface area contributed by atoms with Crippen molar-refractivity contribution in [1.82, 2.24) is 10.7 Å². The van der Waals surface area contributed by atoms with Crippen LogP contribution in [0.2, 0.25) is 0 Å². The van der Waals surface area contributed by atoms with Gasteiger partial charge in [0.2, 0.25) is 17.7 Å². The van der Waals surface area contributed by atoms with Crippen LogP contribution in [0.25, 0.3) is 0 Å². The zero-order valence-electron chi connectivity index (χ0n) is 16.1. The number of hydrogen-bond acceptors (Lipinski definition) is 6. The first kappa shape index (κ1) is 22.9. The number of ether oxygens (including phenoxy) is 1. The molecule has 1 aromatic carbocycles. The highest BCUT2D eigenvalue weighted by molar-refractivity contribution is 5.88. The van der Waals surface area contributed by atoms with Crippen LogP contribution in [0.1, 0.15) is 51.0 Å². The van der Waals surface area contributed by atoms with E-state index < -0.39 is 17.7 Å². The van der Waals surface area contributed by atoms with Gasteiger partial charge in [-0.3, -0.25) is 14.4 Å². The maximum atomic E-state index is 11.6. The second-order valence-corrected chi connectivity index (χ2v) is 6.17. The molecule has 0 heterocycles. The van der Waals surface area contributed by atoms with Crippen LogP contribution in [0, 0.1) is 0 Å². The molecular weight excluding hydrogens is 364 g/mol. The second kappa shape index (κ2) is 13.1. The van der Waals surface area contributed by atoms with Crippen LogP contribution >= 0.6 is 0 Å². The van der Waals surface area contributed by atoms with Crippen molar-refractivity contribution in [2.75, 3.05) is 13.2 Å². The van der Waals surface area contributed by atoms with Crippen LogP contribution in [-0.4, -0.2) is 42.2 Å². The molecule has 1 rings (SSSR count). The predicted octanol–water partition coefficient (Wildman–Crippen LogP) is 1.18. The summed E-state index contributed by atoms with van der Waals surface area (Å²) in [5.74, 6) is -1.04. The van der Waals surface area contributed by atoms with Crippen molar-refractivity contribution < 1.29 is 24.2 Å². The number of carbonyl (C=O) groups excluding carboxylic acids is 3. The summed E-state index contributed by atoms with van der Waals surface area (Å²) in [7, 11) is 0. The minimum Gasteiger partial charge on any atom is -0.507 e. The molecule has 1 aromatic rings. The summed E-state index contributed by atoms with van der Waals surface area (Å²) < 4.78 is 5.58. The first-order valence-corrected chi connectivity index (χ1v) is 9.25. The Morgan fingerprint density at radius 2 is 1.93 bits per heavy atom. The Hall–Kier alpha value is -3.10. The molecule has 0 aliphatic heterocycles. The quantitative estimate of drug-likeness (QED) is 0.226. The number of phenols is 1. The van der Waals surface area contributed by atoms with E-state index in [4.69, 9.17) is 10.5 Å². The van der Waals surface area contributed by atoms with E-state index in [2.05, 4.69) is 22.8 Å². The lowest BCUT2D eigenvalue weighted by atomic mass is 10.2. The van der Waals surface area contributed by atoms with Crippen molar-refractivity contribution in [3.63, 3.8) is 0 Å². The van der Waals surface area contributed by atoms with Crippen molar-refractivity contribution in [2.45, 2.75) is 45.4 Å². The third-order valence-electron chi connectivity index (χ3n) is 3.70. The Kier molecular flexibility index (Phi) is 10.8. The van der Waals surface area contributed by atoms with Crippen LogP contribution in [0.3, 0.4) is 0 Å². The fourth-order valence-corrected chi connectivity index (χ4v) is 2.17. The number of unbranched alkanes of at least 4 members (excludes halogenated alkanes) is 3. The number of primary amides is 1. The van der Waals surface area contributed by atoms with Crippen molar-refractivity contribution >= 4 is 23.9 Å². The summed E-state index contributed by atoms with van der Waals surface area (Å²) in [6.45, 7) is 2.47. The molecule has 0 radical (unpaired) electrons. The average Bonchev–Trinajstić information content (AvgIpc) is 2.66. The lowest BCUT2D eigenvalue weighted by Gasteiger charge is -2.07. The number of rotatable bonds is 13. The van der Waals surface area contributed by atoms with E-state index in [1.165, 1.54) is 18.7 Å². The minimum atomic E-state index is -0.657. The fourth-order valence-electron chi connectivity index (χ4n) is 2.17. The molecule has 3 amide bonds. The van der Waals surface area contributed by atoms with Gasteiger partial charge in [-0.2, -0.15) is 5.10 Å². The normalized spacial score (nSPS) is 10.6. The summed E-state index contributed by atoms with van der Waals surface area (Å²) in [5, 5.41) is 16.0. The van der Waals surface area contributed by atoms with Crippen LogP contribution in [0.15, 0.2) is 23.3 Å². The van der Waals surface area contributed by atoms with Crippen LogP contribution < -0.4 is 21.2 Å². The number of nitrogens with one attached hydrogen (secondary N) is 2. The van der Waals surface area contributed by atoms with Gasteiger partial charge in [0.25, 0.3) is 0 Å². The summed E-state index contributed by atoms with van der Waals surface area (Å²) in [5.41, 5.74) is 7.58. The second-order valence-electron chi connectivity index (χ2n) is 6.17. The molecule has 0 fully saturated rings. The van der Waals surface area contributed by atoms with Crippen molar-refractivity contribution in [2.24, 2.45) is 10.8 Å². The van der Waals surface area contributed by atoms with Gasteiger partial charge in [-0.05, 0) is 18.6 Å². The van der Waals surface area contributed by atoms with Gasteiger partial charge in [-0.15, -0.1) is 0 Å². The Morgan fingerprint density at radius 1 is 1.18 bits per heavy atom. The molecule has 28 heavy (non-hydrogen) atoms. The Labute approximate surface area is 164 Å². The average molecular weight is 392 g/mol. The SMILES string of the molecule is CCCCCCOc1ccc(/C=N/NC(=O)CCC(=O)NCC(N)=O)c(O)c1.